The zero-order valence-electron chi connectivity index (χ0n) is 12.3. The molecule has 2 aromatic rings. The molecule has 0 saturated carbocycles. The van der Waals surface area contributed by atoms with Gasteiger partial charge in [-0.2, -0.15) is 0 Å². The second kappa shape index (κ2) is 4.52. The van der Waals surface area contributed by atoms with E-state index in [9.17, 15) is 0 Å². The molecule has 0 amide bonds. The summed E-state index contributed by atoms with van der Waals surface area (Å²) in [5, 5.41) is 0. The average molecular weight is 254 g/mol. The van der Waals surface area contributed by atoms with E-state index in [1.165, 1.54) is 28.9 Å². The zero-order chi connectivity index (χ0) is 13.6. The molecule has 0 radical (unpaired) electrons. The summed E-state index contributed by atoms with van der Waals surface area (Å²) < 4.78 is 2.37. The first-order valence-electron chi connectivity index (χ1n) is 7.20. The summed E-state index contributed by atoms with van der Waals surface area (Å²) in [6.45, 7) is 8.94. The predicted molar refractivity (Wildman–Crippen MR) is 79.3 cm³/mol. The van der Waals surface area contributed by atoms with E-state index in [1.54, 1.807) is 0 Å². The Kier molecular flexibility index (Phi) is 2.96. The van der Waals surface area contributed by atoms with Crippen LogP contribution in [-0.2, 0) is 6.42 Å². The van der Waals surface area contributed by atoms with Crippen LogP contribution in [0.1, 0.15) is 43.3 Å². The van der Waals surface area contributed by atoms with Crippen molar-refractivity contribution in [2.24, 2.45) is 5.92 Å². The Morgan fingerprint density at radius 1 is 1.16 bits per heavy atom. The normalized spacial score (nSPS) is 22.3. The van der Waals surface area contributed by atoms with E-state index in [-0.39, 0.29) is 0 Å². The van der Waals surface area contributed by atoms with Crippen LogP contribution in [0.25, 0.3) is 11.3 Å². The van der Waals surface area contributed by atoms with Crippen molar-refractivity contribution in [3.8, 4) is 11.3 Å². The molecule has 0 aliphatic carbocycles. The Labute approximate surface area is 115 Å². The summed E-state index contributed by atoms with van der Waals surface area (Å²) in [5.41, 5.74) is 5.04. The molecule has 2 heteroatoms. The fourth-order valence-electron chi connectivity index (χ4n) is 3.10. The van der Waals surface area contributed by atoms with Crippen LogP contribution in [0.15, 0.2) is 24.4 Å². The van der Waals surface area contributed by atoms with Gasteiger partial charge in [0.25, 0.3) is 0 Å². The summed E-state index contributed by atoms with van der Waals surface area (Å²) in [5.74, 6) is 2.00. The van der Waals surface area contributed by atoms with Gasteiger partial charge in [0, 0.05) is 24.2 Å². The third kappa shape index (κ3) is 2.20. The topological polar surface area (TPSA) is 17.8 Å². The minimum absolute atomic E-state index is 0.576. The fourth-order valence-corrected chi connectivity index (χ4v) is 3.10. The molecule has 3 rings (SSSR count). The highest BCUT2D eigenvalue weighted by Crippen LogP contribution is 2.31. The molecule has 2 unspecified atom stereocenters. The number of aryl methyl sites for hydroxylation is 2. The van der Waals surface area contributed by atoms with Gasteiger partial charge in [-0.15, -0.1) is 0 Å². The fraction of sp³-hybridized carbons (Fsp3) is 0.471. The Bertz CT molecular complexity index is 610. The van der Waals surface area contributed by atoms with Crippen molar-refractivity contribution in [2.75, 3.05) is 0 Å². The van der Waals surface area contributed by atoms with E-state index in [1.807, 2.05) is 0 Å². The third-order valence-electron chi connectivity index (χ3n) is 4.36. The highest BCUT2D eigenvalue weighted by molar-refractivity contribution is 5.60. The van der Waals surface area contributed by atoms with Crippen molar-refractivity contribution >= 4 is 0 Å². The van der Waals surface area contributed by atoms with E-state index in [0.29, 0.717) is 6.04 Å². The Morgan fingerprint density at radius 3 is 2.68 bits per heavy atom. The summed E-state index contributed by atoms with van der Waals surface area (Å²) in [6.07, 6.45) is 4.60. The molecule has 1 aliphatic rings. The molecule has 0 fully saturated rings. The van der Waals surface area contributed by atoms with Gasteiger partial charge < -0.3 is 4.57 Å². The smallest absolute Gasteiger partial charge is 0.109 e. The molecule has 0 N–H and O–H groups in total. The van der Waals surface area contributed by atoms with Gasteiger partial charge in [-0.1, -0.05) is 19.1 Å². The van der Waals surface area contributed by atoms with Crippen molar-refractivity contribution in [1.82, 2.24) is 9.55 Å². The van der Waals surface area contributed by atoms with Gasteiger partial charge in [0.05, 0.1) is 5.69 Å². The maximum Gasteiger partial charge on any atom is 0.109 e. The molecular weight excluding hydrogens is 232 g/mol. The standard InChI is InChI=1S/C17H22N2/c1-11-7-14(4)19-10-16(18-17(19)8-11)15-6-5-12(2)13(3)9-15/h5-6,9-11,14H,7-8H2,1-4H3. The van der Waals surface area contributed by atoms with Crippen LogP contribution in [0.4, 0.5) is 0 Å². The van der Waals surface area contributed by atoms with E-state index < -0.39 is 0 Å². The largest absolute Gasteiger partial charge is 0.331 e. The van der Waals surface area contributed by atoms with Gasteiger partial charge in [0.1, 0.15) is 5.82 Å². The van der Waals surface area contributed by atoms with Crippen LogP contribution >= 0.6 is 0 Å². The van der Waals surface area contributed by atoms with Crippen LogP contribution in [-0.4, -0.2) is 9.55 Å². The van der Waals surface area contributed by atoms with Crippen LogP contribution in [0.3, 0.4) is 0 Å². The quantitative estimate of drug-likeness (QED) is 0.741. The Morgan fingerprint density at radius 2 is 1.95 bits per heavy atom. The number of nitrogens with zero attached hydrogens (tertiary/aromatic N) is 2. The van der Waals surface area contributed by atoms with Crippen LogP contribution in [0.5, 0.6) is 0 Å². The number of hydrogen-bond acceptors (Lipinski definition) is 1. The summed E-state index contributed by atoms with van der Waals surface area (Å²) in [6, 6.07) is 7.20. The van der Waals surface area contributed by atoms with Crippen molar-refractivity contribution in [3.63, 3.8) is 0 Å². The van der Waals surface area contributed by atoms with Gasteiger partial charge in [-0.3, -0.25) is 0 Å². The first kappa shape index (κ1) is 12.5. The van der Waals surface area contributed by atoms with Gasteiger partial charge >= 0.3 is 0 Å². The van der Waals surface area contributed by atoms with Gasteiger partial charge in [0.2, 0.25) is 0 Å². The molecule has 1 aliphatic heterocycles. The van der Waals surface area contributed by atoms with Crippen LogP contribution < -0.4 is 0 Å². The lowest BCUT2D eigenvalue weighted by Crippen LogP contribution is -2.20. The first-order valence-corrected chi connectivity index (χ1v) is 7.20. The van der Waals surface area contributed by atoms with Gasteiger partial charge in [-0.05, 0) is 50.3 Å². The number of fused-ring (bicyclic) bond motifs is 1. The lowest BCUT2D eigenvalue weighted by atomic mass is 9.95. The first-order chi connectivity index (χ1) is 9.04. The molecule has 2 atom stereocenters. The van der Waals surface area contributed by atoms with Crippen LogP contribution in [0.2, 0.25) is 0 Å². The molecule has 1 aromatic carbocycles. The molecule has 2 heterocycles. The van der Waals surface area contributed by atoms with Crippen LogP contribution in [0, 0.1) is 19.8 Å². The SMILES string of the molecule is Cc1ccc(-c2cn3c(n2)CC(C)CC3C)cc1C. The lowest BCUT2D eigenvalue weighted by Gasteiger charge is -2.26. The molecule has 0 bridgehead atoms. The van der Waals surface area contributed by atoms with E-state index in [0.717, 1.165) is 18.0 Å². The molecular formula is C17H22N2. The number of imidazole rings is 1. The van der Waals surface area contributed by atoms with Crippen molar-refractivity contribution in [2.45, 2.75) is 46.6 Å². The number of rotatable bonds is 1. The lowest BCUT2D eigenvalue weighted by molar-refractivity contribution is 0.343. The second-order valence-corrected chi connectivity index (χ2v) is 6.14. The van der Waals surface area contributed by atoms with Gasteiger partial charge in [-0.25, -0.2) is 4.98 Å². The molecule has 0 saturated heterocycles. The van der Waals surface area contributed by atoms with Gasteiger partial charge in [0.15, 0.2) is 0 Å². The Hall–Kier alpha value is -1.57. The van der Waals surface area contributed by atoms with Crippen molar-refractivity contribution < 1.29 is 0 Å². The Balaban J connectivity index is 2.03. The minimum Gasteiger partial charge on any atom is -0.331 e. The highest BCUT2D eigenvalue weighted by atomic mass is 15.1. The maximum atomic E-state index is 4.86. The van der Waals surface area contributed by atoms with Crippen molar-refractivity contribution in [1.29, 1.82) is 0 Å². The third-order valence-corrected chi connectivity index (χ3v) is 4.36. The van der Waals surface area contributed by atoms with Crippen molar-refractivity contribution in [3.05, 3.63) is 41.3 Å². The van der Waals surface area contributed by atoms with E-state index >= 15 is 0 Å². The molecule has 100 valence electrons. The minimum atomic E-state index is 0.576. The summed E-state index contributed by atoms with van der Waals surface area (Å²) in [7, 11) is 0. The highest BCUT2D eigenvalue weighted by Gasteiger charge is 2.23. The maximum absolute atomic E-state index is 4.86. The zero-order valence-corrected chi connectivity index (χ0v) is 12.3. The van der Waals surface area contributed by atoms with E-state index in [4.69, 9.17) is 4.98 Å². The summed E-state index contributed by atoms with van der Waals surface area (Å²) in [4.78, 5) is 4.86. The molecule has 19 heavy (non-hydrogen) atoms. The predicted octanol–water partition coefficient (Wildman–Crippen LogP) is 4.31. The summed E-state index contributed by atoms with van der Waals surface area (Å²) >= 11 is 0. The number of hydrogen-bond donors (Lipinski definition) is 0. The number of benzene rings is 1. The molecule has 2 nitrogen and oxygen atoms in total. The molecule has 1 aromatic heterocycles. The number of aromatic nitrogens is 2. The molecule has 0 spiro atoms. The van der Waals surface area contributed by atoms with E-state index in [2.05, 4.69) is 56.7 Å². The average Bonchev–Trinajstić information content (AvgIpc) is 2.76. The second-order valence-electron chi connectivity index (χ2n) is 6.14. The monoisotopic (exact) mass is 254 g/mol.